The molecule has 118 valence electrons. The summed E-state index contributed by atoms with van der Waals surface area (Å²) in [6, 6.07) is 2.52. The van der Waals surface area contributed by atoms with Crippen LogP contribution in [0.1, 0.15) is 6.92 Å². The summed E-state index contributed by atoms with van der Waals surface area (Å²) in [5.41, 5.74) is 5.21. The first kappa shape index (κ1) is 17.4. The average molecular weight is 335 g/mol. The van der Waals surface area contributed by atoms with Crippen molar-refractivity contribution in [1.82, 2.24) is 4.72 Å². The Kier molecular flexibility index (Phi) is 4.97. The molecule has 0 saturated carbocycles. The third kappa shape index (κ3) is 4.16. The molecular weight excluding hydrogens is 318 g/mol. The molecule has 1 atom stereocenters. The average Bonchev–Trinajstić information content (AvgIpc) is 2.36. The lowest BCUT2D eigenvalue weighted by atomic mass is 10.3. The minimum Gasteiger partial charge on any atom is -0.387 e. The van der Waals surface area contributed by atoms with Crippen LogP contribution < -0.4 is 15.8 Å². The van der Waals surface area contributed by atoms with Gasteiger partial charge in [0.15, 0.2) is 9.84 Å². The van der Waals surface area contributed by atoms with Gasteiger partial charge in [-0.2, -0.15) is 4.72 Å². The van der Waals surface area contributed by atoms with Gasteiger partial charge in [0, 0.05) is 13.3 Å². The predicted octanol–water partition coefficient (Wildman–Crippen LogP) is -0.716. The van der Waals surface area contributed by atoms with Crippen LogP contribution in [0.15, 0.2) is 28.0 Å². The Balaban J connectivity index is 3.42. The molecule has 21 heavy (non-hydrogen) atoms. The summed E-state index contributed by atoms with van der Waals surface area (Å²) in [6.07, 6.45) is 0.969. The number of carbonyl (C=O) groups excluding carboxylic acids is 1. The largest absolute Gasteiger partial charge is 0.387 e. The minimum atomic E-state index is -4.11. The first-order valence-corrected chi connectivity index (χ1v) is 9.20. The standard InChI is InChI=1S/C11H17N3O5S2/c1-7(11(12)15)14-21(18,19)10-6-8(20(3,16)17)4-5-9(10)13-2/h4-7,13-14H,1-3H3,(H2,12,15). The molecule has 0 aliphatic heterocycles. The summed E-state index contributed by atoms with van der Waals surface area (Å²) in [4.78, 5) is 10.6. The van der Waals surface area contributed by atoms with Crippen molar-refractivity contribution in [2.75, 3.05) is 18.6 Å². The van der Waals surface area contributed by atoms with Crippen molar-refractivity contribution in [2.24, 2.45) is 5.73 Å². The summed E-state index contributed by atoms with van der Waals surface area (Å²) in [5.74, 6) is -0.844. The number of nitrogens with one attached hydrogen (secondary N) is 2. The Morgan fingerprint density at radius 2 is 1.81 bits per heavy atom. The number of primary amides is 1. The number of sulfonamides is 1. The lowest BCUT2D eigenvalue weighted by Gasteiger charge is -2.15. The highest BCUT2D eigenvalue weighted by Crippen LogP contribution is 2.24. The van der Waals surface area contributed by atoms with Crippen LogP contribution in [-0.4, -0.2) is 42.1 Å². The molecule has 1 aromatic carbocycles. The monoisotopic (exact) mass is 335 g/mol. The number of rotatable bonds is 6. The molecule has 0 bridgehead atoms. The lowest BCUT2D eigenvalue weighted by molar-refractivity contribution is -0.119. The van der Waals surface area contributed by atoms with Crippen LogP contribution in [0.2, 0.25) is 0 Å². The number of hydrogen-bond donors (Lipinski definition) is 3. The smallest absolute Gasteiger partial charge is 0.243 e. The van der Waals surface area contributed by atoms with Crippen LogP contribution in [0.25, 0.3) is 0 Å². The highest BCUT2D eigenvalue weighted by Gasteiger charge is 2.24. The molecular formula is C11H17N3O5S2. The van der Waals surface area contributed by atoms with Crippen LogP contribution in [0.4, 0.5) is 5.69 Å². The molecule has 0 spiro atoms. The van der Waals surface area contributed by atoms with Gasteiger partial charge in [-0.3, -0.25) is 4.79 Å². The van der Waals surface area contributed by atoms with E-state index in [0.717, 1.165) is 12.3 Å². The van der Waals surface area contributed by atoms with Crippen molar-refractivity contribution in [3.8, 4) is 0 Å². The van der Waals surface area contributed by atoms with Gasteiger partial charge in [-0.15, -0.1) is 0 Å². The van der Waals surface area contributed by atoms with Gasteiger partial charge in [-0.05, 0) is 25.1 Å². The fourth-order valence-corrected chi connectivity index (χ4v) is 3.69. The van der Waals surface area contributed by atoms with Gasteiger partial charge in [0.05, 0.1) is 16.6 Å². The molecule has 0 aliphatic carbocycles. The third-order valence-electron chi connectivity index (χ3n) is 2.70. The zero-order valence-electron chi connectivity index (χ0n) is 11.7. The zero-order valence-corrected chi connectivity index (χ0v) is 13.4. The molecule has 10 heteroatoms. The van der Waals surface area contributed by atoms with Crippen molar-refractivity contribution in [3.63, 3.8) is 0 Å². The fraction of sp³-hybridized carbons (Fsp3) is 0.364. The van der Waals surface area contributed by atoms with E-state index in [0.29, 0.717) is 0 Å². The second kappa shape index (κ2) is 6.00. The highest BCUT2D eigenvalue weighted by atomic mass is 32.2. The van der Waals surface area contributed by atoms with Gasteiger partial charge in [0.1, 0.15) is 4.90 Å². The van der Waals surface area contributed by atoms with Crippen molar-refractivity contribution in [2.45, 2.75) is 22.8 Å². The lowest BCUT2D eigenvalue weighted by Crippen LogP contribution is -2.42. The topological polar surface area (TPSA) is 135 Å². The molecule has 4 N–H and O–H groups in total. The van der Waals surface area contributed by atoms with E-state index in [1.165, 1.54) is 26.1 Å². The molecule has 1 rings (SSSR count). The molecule has 1 unspecified atom stereocenters. The Morgan fingerprint density at radius 1 is 1.24 bits per heavy atom. The van der Waals surface area contributed by atoms with Gasteiger partial charge in [-0.1, -0.05) is 0 Å². The van der Waals surface area contributed by atoms with Gasteiger partial charge >= 0.3 is 0 Å². The molecule has 0 heterocycles. The van der Waals surface area contributed by atoms with Gasteiger partial charge in [0.25, 0.3) is 0 Å². The van der Waals surface area contributed by atoms with E-state index in [9.17, 15) is 21.6 Å². The van der Waals surface area contributed by atoms with E-state index in [1.54, 1.807) is 0 Å². The maximum atomic E-state index is 12.3. The summed E-state index contributed by atoms with van der Waals surface area (Å²) in [5, 5.41) is 2.65. The van der Waals surface area contributed by atoms with Gasteiger partial charge < -0.3 is 11.1 Å². The molecule has 0 saturated heterocycles. The maximum absolute atomic E-state index is 12.3. The Labute approximate surface area is 123 Å². The van der Waals surface area contributed by atoms with Gasteiger partial charge in [0.2, 0.25) is 15.9 Å². The fourth-order valence-electron chi connectivity index (χ4n) is 1.52. The van der Waals surface area contributed by atoms with Crippen LogP contribution >= 0.6 is 0 Å². The first-order chi connectivity index (χ1) is 9.49. The molecule has 0 aliphatic rings. The zero-order chi connectivity index (χ0) is 16.4. The third-order valence-corrected chi connectivity index (χ3v) is 5.39. The van der Waals surface area contributed by atoms with Crippen molar-refractivity contribution in [3.05, 3.63) is 18.2 Å². The second-order valence-corrected chi connectivity index (χ2v) is 8.12. The molecule has 0 aromatic heterocycles. The highest BCUT2D eigenvalue weighted by molar-refractivity contribution is 7.91. The van der Waals surface area contributed by atoms with Crippen molar-refractivity contribution >= 4 is 31.5 Å². The number of carbonyl (C=O) groups is 1. The number of amides is 1. The predicted molar refractivity (Wildman–Crippen MR) is 78.1 cm³/mol. The Morgan fingerprint density at radius 3 is 2.24 bits per heavy atom. The summed E-state index contributed by atoms with van der Waals surface area (Å²) < 4.78 is 49.7. The molecule has 0 radical (unpaired) electrons. The van der Waals surface area contributed by atoms with E-state index in [-0.39, 0.29) is 15.5 Å². The van der Waals surface area contributed by atoms with Crippen LogP contribution in [-0.2, 0) is 24.7 Å². The summed E-state index contributed by atoms with van der Waals surface area (Å²) >= 11 is 0. The van der Waals surface area contributed by atoms with E-state index >= 15 is 0 Å². The SMILES string of the molecule is CNc1ccc(S(C)(=O)=O)cc1S(=O)(=O)NC(C)C(N)=O. The van der Waals surface area contributed by atoms with Crippen LogP contribution in [0.5, 0.6) is 0 Å². The molecule has 8 nitrogen and oxygen atoms in total. The number of anilines is 1. The molecule has 1 aromatic rings. The number of sulfone groups is 1. The quantitative estimate of drug-likeness (QED) is 0.628. The Bertz CT molecular complexity index is 756. The van der Waals surface area contributed by atoms with Gasteiger partial charge in [-0.25, -0.2) is 16.8 Å². The van der Waals surface area contributed by atoms with Crippen LogP contribution in [0.3, 0.4) is 0 Å². The maximum Gasteiger partial charge on any atom is 0.243 e. The molecule has 1 amide bonds. The van der Waals surface area contributed by atoms with E-state index in [1.807, 2.05) is 0 Å². The Hall–Kier alpha value is -1.65. The van der Waals surface area contributed by atoms with Crippen molar-refractivity contribution < 1.29 is 21.6 Å². The van der Waals surface area contributed by atoms with E-state index in [2.05, 4.69) is 10.0 Å². The first-order valence-electron chi connectivity index (χ1n) is 5.82. The number of benzene rings is 1. The molecule has 0 fully saturated rings. The van der Waals surface area contributed by atoms with Crippen LogP contribution in [0, 0.1) is 0 Å². The second-order valence-electron chi connectivity index (χ2n) is 4.43. The normalized spacial score (nSPS) is 13.7. The summed E-state index contributed by atoms with van der Waals surface area (Å²) in [7, 11) is -6.18. The number of nitrogens with two attached hydrogens (primary N) is 1. The van der Waals surface area contributed by atoms with E-state index < -0.39 is 31.8 Å². The summed E-state index contributed by atoms with van der Waals surface area (Å²) in [6.45, 7) is 1.29. The number of hydrogen-bond acceptors (Lipinski definition) is 6. The minimum absolute atomic E-state index is 0.145. The van der Waals surface area contributed by atoms with E-state index in [4.69, 9.17) is 5.73 Å². The van der Waals surface area contributed by atoms with Crippen molar-refractivity contribution in [1.29, 1.82) is 0 Å².